The smallest absolute Gasteiger partial charge is 0.324 e. The van der Waals surface area contributed by atoms with Gasteiger partial charge in [0.05, 0.1) is 0 Å². The Bertz CT molecular complexity index is 383. The van der Waals surface area contributed by atoms with Crippen LogP contribution in [0.25, 0.3) is 0 Å². The van der Waals surface area contributed by atoms with E-state index in [1.54, 1.807) is 11.3 Å². The van der Waals surface area contributed by atoms with E-state index in [-0.39, 0.29) is 0 Å². The Labute approximate surface area is 112 Å². The number of aliphatic carboxylic acids is 1. The van der Waals surface area contributed by atoms with E-state index in [0.717, 1.165) is 31.5 Å². The fourth-order valence-corrected chi connectivity index (χ4v) is 3.35. The third-order valence-electron chi connectivity index (χ3n) is 3.89. The molecule has 0 spiro atoms. The van der Waals surface area contributed by atoms with Crippen LogP contribution in [-0.4, -0.2) is 34.6 Å². The summed E-state index contributed by atoms with van der Waals surface area (Å²) >= 11 is 1.63. The summed E-state index contributed by atoms with van der Waals surface area (Å²) in [7, 11) is 0. The number of carboxylic acids is 1. The van der Waals surface area contributed by atoms with Gasteiger partial charge in [0.1, 0.15) is 5.54 Å². The molecule has 1 aliphatic rings. The number of carboxylic acid groups (broad SMARTS) is 1. The SMILES string of the molecule is CC(Cc1ccsc1)(C(=O)O)N1CCCCCC1. The van der Waals surface area contributed by atoms with Crippen LogP contribution in [0.1, 0.15) is 38.2 Å². The van der Waals surface area contributed by atoms with Crippen LogP contribution in [-0.2, 0) is 11.2 Å². The number of thiophene rings is 1. The predicted octanol–water partition coefficient (Wildman–Crippen LogP) is 3.01. The van der Waals surface area contributed by atoms with Gasteiger partial charge in [0.15, 0.2) is 0 Å². The molecule has 1 fully saturated rings. The minimum absolute atomic E-state index is 0.603. The third-order valence-corrected chi connectivity index (χ3v) is 4.63. The highest BCUT2D eigenvalue weighted by atomic mass is 32.1. The number of nitrogens with zero attached hydrogens (tertiary/aromatic N) is 1. The number of rotatable bonds is 4. The summed E-state index contributed by atoms with van der Waals surface area (Å²) in [5, 5.41) is 13.7. The average Bonchev–Trinajstić information content (AvgIpc) is 2.68. The molecule has 1 unspecified atom stereocenters. The molecule has 0 amide bonds. The summed E-state index contributed by atoms with van der Waals surface area (Å²) < 4.78 is 0. The maximum atomic E-state index is 11.7. The van der Waals surface area contributed by atoms with E-state index in [2.05, 4.69) is 10.3 Å². The van der Waals surface area contributed by atoms with Crippen molar-refractivity contribution in [3.05, 3.63) is 22.4 Å². The molecule has 100 valence electrons. The van der Waals surface area contributed by atoms with Gasteiger partial charge >= 0.3 is 5.97 Å². The van der Waals surface area contributed by atoms with Crippen LogP contribution < -0.4 is 0 Å². The fourth-order valence-electron chi connectivity index (χ4n) is 2.68. The summed E-state index contributed by atoms with van der Waals surface area (Å²) in [6.45, 7) is 3.69. The second-order valence-corrected chi connectivity index (χ2v) is 6.07. The largest absolute Gasteiger partial charge is 0.480 e. The van der Waals surface area contributed by atoms with Gasteiger partial charge in [-0.3, -0.25) is 9.69 Å². The van der Waals surface area contributed by atoms with Crippen molar-refractivity contribution in [2.24, 2.45) is 0 Å². The van der Waals surface area contributed by atoms with Crippen molar-refractivity contribution in [3.63, 3.8) is 0 Å². The molecular weight excluding hydrogens is 246 g/mol. The first-order chi connectivity index (χ1) is 8.63. The summed E-state index contributed by atoms with van der Waals surface area (Å²) in [4.78, 5) is 13.9. The number of hydrogen-bond donors (Lipinski definition) is 1. The van der Waals surface area contributed by atoms with E-state index < -0.39 is 11.5 Å². The Morgan fingerprint density at radius 2 is 2.06 bits per heavy atom. The quantitative estimate of drug-likeness (QED) is 0.911. The Hall–Kier alpha value is -0.870. The van der Waals surface area contributed by atoms with Crippen LogP contribution in [0.15, 0.2) is 16.8 Å². The fraction of sp³-hybridized carbons (Fsp3) is 0.643. The monoisotopic (exact) mass is 267 g/mol. The first kappa shape index (κ1) is 13.6. The van der Waals surface area contributed by atoms with Crippen LogP contribution in [0.2, 0.25) is 0 Å². The van der Waals surface area contributed by atoms with Crippen molar-refractivity contribution in [3.8, 4) is 0 Å². The second kappa shape index (κ2) is 5.85. The van der Waals surface area contributed by atoms with Crippen LogP contribution in [0, 0.1) is 0 Å². The Kier molecular flexibility index (Phi) is 4.40. The zero-order valence-corrected chi connectivity index (χ0v) is 11.7. The maximum Gasteiger partial charge on any atom is 0.324 e. The van der Waals surface area contributed by atoms with E-state index in [1.165, 1.54) is 12.8 Å². The minimum Gasteiger partial charge on any atom is -0.480 e. The van der Waals surface area contributed by atoms with Gasteiger partial charge in [-0.2, -0.15) is 11.3 Å². The zero-order valence-electron chi connectivity index (χ0n) is 10.9. The molecule has 1 N–H and O–H groups in total. The van der Waals surface area contributed by atoms with Crippen LogP contribution in [0.3, 0.4) is 0 Å². The number of carbonyl (C=O) groups is 1. The molecule has 0 saturated carbocycles. The Morgan fingerprint density at radius 3 is 2.56 bits per heavy atom. The van der Waals surface area contributed by atoms with Crippen molar-refractivity contribution >= 4 is 17.3 Å². The molecule has 0 bridgehead atoms. The minimum atomic E-state index is -0.759. The molecule has 1 aromatic rings. The molecule has 18 heavy (non-hydrogen) atoms. The molecule has 2 rings (SSSR count). The lowest BCUT2D eigenvalue weighted by Gasteiger charge is -2.37. The van der Waals surface area contributed by atoms with Crippen LogP contribution >= 0.6 is 11.3 Å². The standard InChI is InChI=1S/C14H21NO2S/c1-14(13(16)17,10-12-6-9-18-11-12)15-7-4-2-3-5-8-15/h6,9,11H,2-5,7-8,10H2,1H3,(H,16,17). The summed E-state index contributed by atoms with van der Waals surface area (Å²) in [5.41, 5.74) is 0.375. The van der Waals surface area contributed by atoms with Crippen molar-refractivity contribution in [1.29, 1.82) is 0 Å². The van der Waals surface area contributed by atoms with E-state index in [1.807, 2.05) is 18.4 Å². The molecule has 1 aliphatic heterocycles. The van der Waals surface area contributed by atoms with Crippen molar-refractivity contribution in [2.75, 3.05) is 13.1 Å². The van der Waals surface area contributed by atoms with Gasteiger partial charge < -0.3 is 5.11 Å². The highest BCUT2D eigenvalue weighted by Gasteiger charge is 2.39. The van der Waals surface area contributed by atoms with E-state index >= 15 is 0 Å². The highest BCUT2D eigenvalue weighted by Crippen LogP contribution is 2.26. The molecule has 2 heterocycles. The Balaban J connectivity index is 2.16. The average molecular weight is 267 g/mol. The van der Waals surface area contributed by atoms with Gasteiger partial charge in [-0.05, 0) is 55.2 Å². The summed E-state index contributed by atoms with van der Waals surface area (Å²) in [6, 6.07) is 2.03. The van der Waals surface area contributed by atoms with Crippen molar-refractivity contribution < 1.29 is 9.90 Å². The lowest BCUT2D eigenvalue weighted by atomic mass is 9.91. The predicted molar refractivity (Wildman–Crippen MR) is 74.1 cm³/mol. The molecule has 1 atom stereocenters. The van der Waals surface area contributed by atoms with E-state index in [0.29, 0.717) is 6.42 Å². The van der Waals surface area contributed by atoms with Gasteiger partial charge in [0, 0.05) is 6.42 Å². The Morgan fingerprint density at radius 1 is 1.39 bits per heavy atom. The zero-order chi connectivity index (χ0) is 13.0. The van der Waals surface area contributed by atoms with Gasteiger partial charge in [0.2, 0.25) is 0 Å². The molecule has 0 radical (unpaired) electrons. The van der Waals surface area contributed by atoms with Crippen LogP contribution in [0.5, 0.6) is 0 Å². The highest BCUT2D eigenvalue weighted by molar-refractivity contribution is 7.07. The van der Waals surface area contributed by atoms with Crippen molar-refractivity contribution in [2.45, 2.75) is 44.6 Å². The van der Waals surface area contributed by atoms with Gasteiger partial charge in [-0.25, -0.2) is 0 Å². The molecule has 0 aliphatic carbocycles. The van der Waals surface area contributed by atoms with Crippen molar-refractivity contribution in [1.82, 2.24) is 4.90 Å². The van der Waals surface area contributed by atoms with E-state index in [4.69, 9.17) is 0 Å². The summed E-state index contributed by atoms with van der Waals surface area (Å²) in [5.74, 6) is -0.699. The second-order valence-electron chi connectivity index (χ2n) is 5.29. The van der Waals surface area contributed by atoms with Gasteiger partial charge in [0.25, 0.3) is 0 Å². The molecular formula is C14H21NO2S. The lowest BCUT2D eigenvalue weighted by molar-refractivity contribution is -0.150. The summed E-state index contributed by atoms with van der Waals surface area (Å²) in [6.07, 6.45) is 5.29. The maximum absolute atomic E-state index is 11.7. The molecule has 4 heteroatoms. The number of likely N-dealkylation sites (tertiary alicyclic amines) is 1. The molecule has 0 aromatic carbocycles. The first-order valence-corrected chi connectivity index (χ1v) is 7.57. The molecule has 3 nitrogen and oxygen atoms in total. The van der Waals surface area contributed by atoms with E-state index in [9.17, 15) is 9.90 Å². The van der Waals surface area contributed by atoms with Gasteiger partial charge in [-0.15, -0.1) is 0 Å². The molecule has 1 aromatic heterocycles. The van der Waals surface area contributed by atoms with Crippen LogP contribution in [0.4, 0.5) is 0 Å². The molecule has 1 saturated heterocycles. The third kappa shape index (κ3) is 2.93. The van der Waals surface area contributed by atoms with Gasteiger partial charge in [-0.1, -0.05) is 12.8 Å². The topological polar surface area (TPSA) is 40.5 Å². The first-order valence-electron chi connectivity index (χ1n) is 6.62. The normalized spacial score (nSPS) is 21.2. The number of hydrogen-bond acceptors (Lipinski definition) is 3. The lowest BCUT2D eigenvalue weighted by Crippen LogP contribution is -2.54.